The monoisotopic (exact) mass is 399 g/mol. The molecule has 0 atom stereocenters. The van der Waals surface area contributed by atoms with Gasteiger partial charge >= 0.3 is 5.97 Å². The molecule has 25 heavy (non-hydrogen) atoms. The molecule has 2 heterocycles. The van der Waals surface area contributed by atoms with Crippen molar-refractivity contribution >= 4 is 27.6 Å². The van der Waals surface area contributed by atoms with Crippen LogP contribution < -0.4 is 5.73 Å². The summed E-state index contributed by atoms with van der Waals surface area (Å²) in [5.74, 6) is -0.608. The highest BCUT2D eigenvalue weighted by atomic mass is 79.9. The fraction of sp³-hybridized carbons (Fsp3) is 0.118. The lowest BCUT2D eigenvalue weighted by molar-refractivity contribution is 0.0593. The van der Waals surface area contributed by atoms with Gasteiger partial charge in [0, 0.05) is 30.7 Å². The van der Waals surface area contributed by atoms with Gasteiger partial charge in [-0.3, -0.25) is 4.68 Å². The van der Waals surface area contributed by atoms with Crippen molar-refractivity contribution in [3.05, 3.63) is 52.4 Å². The van der Waals surface area contributed by atoms with Gasteiger partial charge in [-0.1, -0.05) is 12.1 Å². The summed E-state index contributed by atoms with van der Waals surface area (Å²) in [6, 6.07) is 9.41. The Hall–Kier alpha value is -3.05. The van der Waals surface area contributed by atoms with E-state index in [9.17, 15) is 10.1 Å². The van der Waals surface area contributed by atoms with Crippen LogP contribution in [0.1, 0.15) is 16.1 Å². The molecule has 0 radical (unpaired) electrons. The highest BCUT2D eigenvalue weighted by Gasteiger charge is 2.22. The highest BCUT2D eigenvalue weighted by molar-refractivity contribution is 9.10. The van der Waals surface area contributed by atoms with Crippen LogP contribution in [-0.2, 0) is 11.8 Å². The van der Waals surface area contributed by atoms with Crippen LogP contribution >= 0.6 is 15.9 Å². The Morgan fingerprint density at radius 1 is 1.40 bits per heavy atom. The van der Waals surface area contributed by atoms with Crippen LogP contribution in [0.15, 0.2) is 41.1 Å². The van der Waals surface area contributed by atoms with E-state index in [0.717, 1.165) is 15.7 Å². The van der Waals surface area contributed by atoms with Crippen LogP contribution in [0.2, 0.25) is 0 Å². The molecule has 0 saturated carbocycles. The number of rotatable bonds is 3. The summed E-state index contributed by atoms with van der Waals surface area (Å²) in [5.41, 5.74) is 8.66. The van der Waals surface area contributed by atoms with E-state index < -0.39 is 5.97 Å². The summed E-state index contributed by atoms with van der Waals surface area (Å²) in [5, 5.41) is 13.6. The van der Waals surface area contributed by atoms with Crippen molar-refractivity contribution in [1.82, 2.24) is 14.3 Å². The van der Waals surface area contributed by atoms with Gasteiger partial charge < -0.3 is 15.0 Å². The molecular formula is C17H14BrN5O2. The Morgan fingerprint density at radius 3 is 2.76 bits per heavy atom. The highest BCUT2D eigenvalue weighted by Crippen LogP contribution is 2.30. The van der Waals surface area contributed by atoms with Gasteiger partial charge in [0.1, 0.15) is 11.8 Å². The number of hydrogen-bond donors (Lipinski definition) is 1. The van der Waals surface area contributed by atoms with Gasteiger partial charge in [-0.2, -0.15) is 10.4 Å². The molecule has 0 aliphatic carbocycles. The quantitative estimate of drug-likeness (QED) is 0.682. The fourth-order valence-corrected chi connectivity index (χ4v) is 3.18. The number of nitrogens with zero attached hydrogens (tertiary/aromatic N) is 4. The molecule has 126 valence electrons. The second-order valence-corrected chi connectivity index (χ2v) is 6.18. The largest absolute Gasteiger partial charge is 0.464 e. The number of nitriles is 1. The maximum Gasteiger partial charge on any atom is 0.357 e. The first-order valence-corrected chi connectivity index (χ1v) is 8.04. The molecule has 3 aromatic rings. The molecule has 8 heteroatoms. The molecule has 0 fully saturated rings. The van der Waals surface area contributed by atoms with Gasteiger partial charge in [-0.15, -0.1) is 0 Å². The first-order valence-electron chi connectivity index (χ1n) is 7.25. The van der Waals surface area contributed by atoms with Gasteiger partial charge in [0.05, 0.1) is 22.8 Å². The van der Waals surface area contributed by atoms with Gasteiger partial charge in [-0.05, 0) is 28.1 Å². The smallest absolute Gasteiger partial charge is 0.357 e. The Balaban J connectivity index is 2.18. The van der Waals surface area contributed by atoms with Crippen molar-refractivity contribution in [3.63, 3.8) is 0 Å². The van der Waals surface area contributed by atoms with E-state index in [1.54, 1.807) is 9.25 Å². The zero-order valence-corrected chi connectivity index (χ0v) is 15.1. The molecule has 0 aliphatic heterocycles. The van der Waals surface area contributed by atoms with Crippen molar-refractivity contribution < 1.29 is 9.53 Å². The minimum absolute atomic E-state index is 0.0961. The maximum absolute atomic E-state index is 12.1. The molecule has 2 aromatic heterocycles. The molecule has 7 nitrogen and oxygen atoms in total. The molecule has 0 bridgehead atoms. The number of methoxy groups -OCH3 is 1. The number of aryl methyl sites for hydroxylation is 1. The molecule has 2 N–H and O–H groups in total. The molecular weight excluding hydrogens is 386 g/mol. The van der Waals surface area contributed by atoms with Crippen LogP contribution in [-0.4, -0.2) is 27.4 Å². The van der Waals surface area contributed by atoms with E-state index in [-0.39, 0.29) is 16.9 Å². The number of nitrogen functional groups attached to an aromatic ring is 1. The number of halogens is 1. The zero-order valence-electron chi connectivity index (χ0n) is 13.5. The number of aromatic nitrogens is 3. The van der Waals surface area contributed by atoms with E-state index in [0.29, 0.717) is 5.69 Å². The van der Waals surface area contributed by atoms with E-state index in [1.807, 2.05) is 43.6 Å². The molecule has 3 rings (SSSR count). The van der Waals surface area contributed by atoms with Crippen molar-refractivity contribution in [2.75, 3.05) is 12.8 Å². The zero-order chi connectivity index (χ0) is 18.1. The van der Waals surface area contributed by atoms with Crippen LogP contribution in [0.25, 0.3) is 16.9 Å². The summed E-state index contributed by atoms with van der Waals surface area (Å²) in [7, 11) is 3.10. The number of anilines is 1. The van der Waals surface area contributed by atoms with E-state index >= 15 is 0 Å². The number of ether oxygens (including phenoxy) is 1. The van der Waals surface area contributed by atoms with Gasteiger partial charge in [-0.25, -0.2) is 4.79 Å². The lowest BCUT2D eigenvalue weighted by Crippen LogP contribution is -2.11. The Morgan fingerprint density at radius 2 is 2.16 bits per heavy atom. The van der Waals surface area contributed by atoms with Crippen molar-refractivity contribution in [1.29, 1.82) is 5.26 Å². The average Bonchev–Trinajstić information content (AvgIpc) is 3.13. The predicted octanol–water partition coefficient (Wildman–Crippen LogP) is 2.88. The first kappa shape index (κ1) is 16.8. The van der Waals surface area contributed by atoms with E-state index in [2.05, 4.69) is 21.0 Å². The molecule has 0 saturated heterocycles. The number of carbonyl (C=O) groups is 1. The third kappa shape index (κ3) is 2.90. The number of nitrogens with two attached hydrogens (primary N) is 1. The predicted molar refractivity (Wildman–Crippen MR) is 96.1 cm³/mol. The van der Waals surface area contributed by atoms with Gasteiger partial charge in [0.25, 0.3) is 0 Å². The number of hydrogen-bond acceptors (Lipinski definition) is 5. The second kappa shape index (κ2) is 6.45. The third-order valence-corrected chi connectivity index (χ3v) is 4.31. The minimum atomic E-state index is -0.608. The molecule has 0 spiro atoms. The Kier molecular flexibility index (Phi) is 4.33. The molecule has 0 unspecified atom stereocenters. The summed E-state index contributed by atoms with van der Waals surface area (Å²) in [4.78, 5) is 12.1. The van der Waals surface area contributed by atoms with Crippen LogP contribution in [0.5, 0.6) is 0 Å². The summed E-state index contributed by atoms with van der Waals surface area (Å²) >= 11 is 3.48. The SMILES string of the molecule is COC(=O)c1c(N)c(C#N)cn1-c1cccc(-c2nn(C)cc2Br)c1. The number of esters is 1. The topological polar surface area (TPSA) is 98.9 Å². The average molecular weight is 400 g/mol. The summed E-state index contributed by atoms with van der Waals surface area (Å²) in [6.45, 7) is 0. The number of carbonyl (C=O) groups excluding carboxylic acids is 1. The number of benzene rings is 1. The molecule has 0 aliphatic rings. The molecule has 0 amide bonds. The summed E-state index contributed by atoms with van der Waals surface area (Å²) in [6.07, 6.45) is 3.37. The standard InChI is InChI=1S/C17H14BrN5O2/c1-22-9-13(18)15(21-22)10-4-3-5-12(6-10)23-8-11(7-19)14(20)16(23)17(24)25-2/h3-6,8-9H,20H2,1-2H3. The van der Waals surface area contributed by atoms with E-state index in [1.165, 1.54) is 13.3 Å². The second-order valence-electron chi connectivity index (χ2n) is 5.33. The van der Waals surface area contributed by atoms with Crippen LogP contribution in [0, 0.1) is 11.3 Å². The summed E-state index contributed by atoms with van der Waals surface area (Å²) < 4.78 is 8.91. The Bertz CT molecular complexity index is 1010. The van der Waals surface area contributed by atoms with Gasteiger partial charge in [0.2, 0.25) is 0 Å². The van der Waals surface area contributed by atoms with Crippen molar-refractivity contribution in [2.45, 2.75) is 0 Å². The minimum Gasteiger partial charge on any atom is -0.464 e. The normalized spacial score (nSPS) is 10.5. The first-order chi connectivity index (χ1) is 12.0. The Labute approximate surface area is 152 Å². The lowest BCUT2D eigenvalue weighted by Gasteiger charge is -2.09. The fourth-order valence-electron chi connectivity index (χ4n) is 2.58. The third-order valence-electron chi connectivity index (χ3n) is 3.73. The van der Waals surface area contributed by atoms with E-state index in [4.69, 9.17) is 10.5 Å². The van der Waals surface area contributed by atoms with Crippen molar-refractivity contribution in [3.8, 4) is 23.0 Å². The molecule has 1 aromatic carbocycles. The van der Waals surface area contributed by atoms with Crippen molar-refractivity contribution in [2.24, 2.45) is 7.05 Å². The van der Waals surface area contributed by atoms with Crippen LogP contribution in [0.4, 0.5) is 5.69 Å². The maximum atomic E-state index is 12.1. The van der Waals surface area contributed by atoms with Gasteiger partial charge in [0.15, 0.2) is 5.69 Å². The lowest BCUT2D eigenvalue weighted by atomic mass is 10.1. The van der Waals surface area contributed by atoms with Crippen LogP contribution in [0.3, 0.4) is 0 Å².